The van der Waals surface area contributed by atoms with Gasteiger partial charge in [0.05, 0.1) is 13.2 Å². The van der Waals surface area contributed by atoms with Crippen LogP contribution in [0.4, 0.5) is 16.2 Å². The summed E-state index contributed by atoms with van der Waals surface area (Å²) >= 11 is 0. The lowest BCUT2D eigenvalue weighted by atomic mass is 9.98. The van der Waals surface area contributed by atoms with Crippen LogP contribution in [0.25, 0.3) is 11.1 Å². The summed E-state index contributed by atoms with van der Waals surface area (Å²) in [4.78, 5) is 43.9. The van der Waals surface area contributed by atoms with E-state index in [0.29, 0.717) is 49.5 Å². The lowest BCUT2D eigenvalue weighted by molar-refractivity contribution is -0.145. The first kappa shape index (κ1) is 38.2. The van der Waals surface area contributed by atoms with Crippen molar-refractivity contribution in [3.8, 4) is 11.1 Å². The van der Waals surface area contributed by atoms with Crippen LogP contribution >= 0.6 is 0 Å². The minimum absolute atomic E-state index is 0.120. The van der Waals surface area contributed by atoms with Crippen LogP contribution < -0.4 is 15.5 Å². The number of hydrogen-bond acceptors (Lipinski definition) is 7. The molecule has 1 heterocycles. The largest absolute Gasteiger partial charge is 0.463 e. The van der Waals surface area contributed by atoms with E-state index < -0.39 is 6.04 Å². The fourth-order valence-electron chi connectivity index (χ4n) is 6.26. The van der Waals surface area contributed by atoms with Crippen LogP contribution in [0.2, 0.25) is 0 Å². The number of unbranched alkanes of at least 4 members (excludes halogenated alkanes) is 4. The number of hydrogen-bond donors (Lipinski definition) is 2. The fourth-order valence-corrected chi connectivity index (χ4v) is 6.26. The molecular formula is C43H52N4O5. The zero-order chi connectivity index (χ0) is 36.5. The van der Waals surface area contributed by atoms with Crippen LogP contribution in [0.5, 0.6) is 0 Å². The Hall–Kier alpha value is -4.99. The summed E-state index contributed by atoms with van der Waals surface area (Å²) in [7, 11) is 1.79. The number of nitrogens with one attached hydrogen (secondary N) is 2. The second-order valence-corrected chi connectivity index (χ2v) is 13.2. The molecule has 274 valence electrons. The zero-order valence-corrected chi connectivity index (χ0v) is 30.5. The molecule has 0 saturated carbocycles. The number of esters is 1. The highest BCUT2D eigenvalue weighted by atomic mass is 16.5. The highest BCUT2D eigenvalue weighted by Crippen LogP contribution is 2.26. The predicted octanol–water partition coefficient (Wildman–Crippen LogP) is 7.60. The summed E-state index contributed by atoms with van der Waals surface area (Å²) in [6.07, 6.45) is 6.08. The molecule has 0 bridgehead atoms. The van der Waals surface area contributed by atoms with E-state index in [0.717, 1.165) is 48.3 Å². The topological polar surface area (TPSA) is 100 Å². The van der Waals surface area contributed by atoms with Crippen molar-refractivity contribution in [2.75, 3.05) is 63.3 Å². The van der Waals surface area contributed by atoms with E-state index in [1.54, 1.807) is 30.1 Å². The Morgan fingerprint density at radius 2 is 1.56 bits per heavy atom. The summed E-state index contributed by atoms with van der Waals surface area (Å²) in [5, 5.41) is 6.40. The molecule has 1 unspecified atom stereocenters. The third-order valence-corrected chi connectivity index (χ3v) is 9.40. The number of amides is 2. The Morgan fingerprint density at radius 1 is 0.827 bits per heavy atom. The minimum atomic E-state index is -0.734. The van der Waals surface area contributed by atoms with Gasteiger partial charge in [-0.15, -0.1) is 0 Å². The Labute approximate surface area is 308 Å². The van der Waals surface area contributed by atoms with Crippen molar-refractivity contribution < 1.29 is 23.9 Å². The number of ketones is 1. The molecule has 9 heteroatoms. The van der Waals surface area contributed by atoms with E-state index >= 15 is 0 Å². The van der Waals surface area contributed by atoms with Crippen LogP contribution in [0.1, 0.15) is 60.5 Å². The number of carbonyl (C=O) groups is 3. The van der Waals surface area contributed by atoms with E-state index in [1.165, 1.54) is 19.3 Å². The molecule has 1 aliphatic heterocycles. The molecule has 0 radical (unpaired) electrons. The third kappa shape index (κ3) is 11.3. The lowest BCUT2D eigenvalue weighted by Gasteiger charge is -2.26. The van der Waals surface area contributed by atoms with E-state index in [1.807, 2.05) is 84.9 Å². The fraction of sp³-hybridized carbons (Fsp3) is 0.372. The number of ether oxygens (including phenoxy) is 2. The molecule has 0 spiro atoms. The molecule has 2 amide bonds. The average molecular weight is 705 g/mol. The van der Waals surface area contributed by atoms with Gasteiger partial charge in [0.1, 0.15) is 12.6 Å². The maximum atomic E-state index is 13.7. The van der Waals surface area contributed by atoms with Gasteiger partial charge < -0.3 is 20.1 Å². The van der Waals surface area contributed by atoms with Crippen molar-refractivity contribution in [3.05, 3.63) is 120 Å². The number of urea groups is 1. The summed E-state index contributed by atoms with van der Waals surface area (Å²) in [5.41, 5.74) is 5.35. The Kier molecular flexibility index (Phi) is 14.8. The number of carbonyl (C=O) groups excluding carboxylic acids is 3. The molecule has 4 aromatic rings. The van der Waals surface area contributed by atoms with E-state index in [2.05, 4.69) is 22.5 Å². The molecule has 1 saturated heterocycles. The molecule has 1 aliphatic rings. The summed E-state index contributed by atoms with van der Waals surface area (Å²) < 4.78 is 11.3. The summed E-state index contributed by atoms with van der Waals surface area (Å²) in [5.74, 6) is -0.505. The minimum Gasteiger partial charge on any atom is -0.463 e. The van der Waals surface area contributed by atoms with Crippen molar-refractivity contribution in [1.29, 1.82) is 0 Å². The predicted molar refractivity (Wildman–Crippen MR) is 208 cm³/mol. The normalized spacial score (nSPS) is 13.6. The second kappa shape index (κ2) is 20.2. The third-order valence-electron chi connectivity index (χ3n) is 9.40. The average Bonchev–Trinajstić information content (AvgIpc) is 3.19. The first-order valence-corrected chi connectivity index (χ1v) is 18.6. The Bertz CT molecular complexity index is 1720. The highest BCUT2D eigenvalue weighted by Gasteiger charge is 2.24. The Morgan fingerprint density at radius 3 is 2.33 bits per heavy atom. The Balaban J connectivity index is 1.27. The molecule has 1 fully saturated rings. The number of nitrogens with zero attached hydrogens (tertiary/aromatic N) is 2. The molecule has 0 aliphatic carbocycles. The molecular weight excluding hydrogens is 652 g/mol. The van der Waals surface area contributed by atoms with Crippen LogP contribution in [0, 0.1) is 0 Å². The quantitative estimate of drug-likeness (QED) is 0.0625. The summed E-state index contributed by atoms with van der Waals surface area (Å²) in [6, 6.07) is 31.5. The molecule has 52 heavy (non-hydrogen) atoms. The highest BCUT2D eigenvalue weighted by molar-refractivity contribution is 6.12. The van der Waals surface area contributed by atoms with Gasteiger partial charge in [0, 0.05) is 62.1 Å². The van der Waals surface area contributed by atoms with Crippen molar-refractivity contribution in [2.45, 2.75) is 51.5 Å². The molecule has 5 rings (SSSR count). The zero-order valence-electron chi connectivity index (χ0n) is 30.5. The van der Waals surface area contributed by atoms with Gasteiger partial charge in [0.2, 0.25) is 0 Å². The molecule has 1 atom stereocenters. The number of benzene rings is 4. The van der Waals surface area contributed by atoms with Crippen LogP contribution in [0.15, 0.2) is 103 Å². The number of para-hydroxylation sites is 1. The van der Waals surface area contributed by atoms with Crippen LogP contribution in [-0.2, 0) is 20.7 Å². The van der Waals surface area contributed by atoms with Crippen LogP contribution in [0.3, 0.4) is 0 Å². The SMILES string of the molecule is CCCCCCCNC(=O)N(C)c1cccc(-c2ccc(CC(Nc3ccccc3C(=O)c3ccccc3)C(=O)OCCN3CCOCC3)cc2)c1. The van der Waals surface area contributed by atoms with E-state index in [-0.39, 0.29) is 24.4 Å². The first-order valence-electron chi connectivity index (χ1n) is 18.6. The number of anilines is 2. The standard InChI is InChI=1S/C43H52N4O5/c1-3-4-5-6-12-24-44-43(50)46(2)37-17-13-16-36(32-37)34-22-20-33(21-23-34)31-40(42(49)52-30-27-47-25-28-51-29-26-47)45-39-19-11-10-18-38(39)41(48)35-14-8-7-9-15-35/h7-11,13-23,32,40,45H,3-6,12,24-31H2,1-2H3,(H,44,50). The van der Waals surface area contributed by atoms with Gasteiger partial charge >= 0.3 is 12.0 Å². The van der Waals surface area contributed by atoms with Gasteiger partial charge in [-0.3, -0.25) is 14.6 Å². The maximum absolute atomic E-state index is 13.7. The van der Waals surface area contributed by atoms with Gasteiger partial charge in [0.15, 0.2) is 5.78 Å². The smallest absolute Gasteiger partial charge is 0.328 e. The van der Waals surface area contributed by atoms with Gasteiger partial charge in [-0.25, -0.2) is 9.59 Å². The lowest BCUT2D eigenvalue weighted by Crippen LogP contribution is -2.40. The number of rotatable bonds is 18. The van der Waals surface area contributed by atoms with E-state index in [9.17, 15) is 14.4 Å². The molecule has 4 aromatic carbocycles. The van der Waals surface area contributed by atoms with Gasteiger partial charge in [0.25, 0.3) is 0 Å². The van der Waals surface area contributed by atoms with Gasteiger partial charge in [-0.05, 0) is 47.4 Å². The van der Waals surface area contributed by atoms with Gasteiger partial charge in [-0.2, -0.15) is 0 Å². The molecule has 9 nitrogen and oxygen atoms in total. The molecule has 0 aromatic heterocycles. The van der Waals surface area contributed by atoms with Crippen molar-refractivity contribution in [1.82, 2.24) is 10.2 Å². The van der Waals surface area contributed by atoms with Crippen molar-refractivity contribution in [2.24, 2.45) is 0 Å². The van der Waals surface area contributed by atoms with E-state index in [4.69, 9.17) is 9.47 Å². The van der Waals surface area contributed by atoms with Crippen molar-refractivity contribution >= 4 is 29.2 Å². The van der Waals surface area contributed by atoms with Gasteiger partial charge in [-0.1, -0.05) is 111 Å². The van der Waals surface area contributed by atoms with Crippen molar-refractivity contribution in [3.63, 3.8) is 0 Å². The van der Waals surface area contributed by atoms with Crippen LogP contribution in [-0.4, -0.2) is 81.8 Å². The summed E-state index contributed by atoms with van der Waals surface area (Å²) in [6.45, 7) is 6.74. The number of morpholine rings is 1. The maximum Gasteiger partial charge on any atom is 0.328 e. The monoisotopic (exact) mass is 704 g/mol. The molecule has 2 N–H and O–H groups in total. The first-order chi connectivity index (χ1) is 25.4. The second-order valence-electron chi connectivity index (χ2n) is 13.2.